The molecule has 69 valence electrons. The molecule has 2 N–H and O–H groups in total. The van der Waals surface area contributed by atoms with Crippen LogP contribution in [0.2, 0.25) is 0 Å². The van der Waals surface area contributed by atoms with Crippen LogP contribution in [-0.4, -0.2) is 39.2 Å². The summed E-state index contributed by atoms with van der Waals surface area (Å²) < 4.78 is 0. The maximum atomic E-state index is 10.8. The van der Waals surface area contributed by atoms with E-state index in [1.807, 2.05) is 0 Å². The summed E-state index contributed by atoms with van der Waals surface area (Å²) in [5, 5.41) is 20.1. The Hall–Kier alpha value is -1.89. The summed E-state index contributed by atoms with van der Waals surface area (Å²) in [5.41, 5.74) is 0. The molecule has 1 aliphatic heterocycles. The van der Waals surface area contributed by atoms with E-state index in [0.717, 1.165) is 12.3 Å². The van der Waals surface area contributed by atoms with Gasteiger partial charge < -0.3 is 10.2 Å². The quantitative estimate of drug-likeness (QED) is 0.542. The Labute approximate surface area is 72.3 Å². The van der Waals surface area contributed by atoms with Crippen molar-refractivity contribution < 1.29 is 24.6 Å². The molecule has 0 fully saturated rings. The number of aliphatic hydroxyl groups is 1. The second-order valence-corrected chi connectivity index (χ2v) is 2.17. The molecule has 1 unspecified atom stereocenters. The fourth-order valence-electron chi connectivity index (χ4n) is 0.702. The van der Waals surface area contributed by atoms with Gasteiger partial charge in [0.15, 0.2) is 0 Å². The van der Waals surface area contributed by atoms with Crippen molar-refractivity contribution >= 4 is 17.9 Å². The van der Waals surface area contributed by atoms with Gasteiger partial charge in [0.25, 0.3) is 5.91 Å². The van der Waals surface area contributed by atoms with E-state index >= 15 is 0 Å². The third-order valence-corrected chi connectivity index (χ3v) is 1.29. The number of aliphatic carboxylic acids is 1. The molecule has 0 spiro atoms. The topological polar surface area (TPSA) is 109 Å². The summed E-state index contributed by atoms with van der Waals surface area (Å²) in [6.45, 7) is 0. The van der Waals surface area contributed by atoms with Crippen molar-refractivity contribution in [2.45, 2.75) is 6.23 Å². The number of carbonyl (C=O) groups excluding carboxylic acids is 2. The fraction of sp³-hybridized carbons (Fsp3) is 0.167. The molecule has 0 saturated heterocycles. The lowest BCUT2D eigenvalue weighted by Gasteiger charge is -2.21. The van der Waals surface area contributed by atoms with Gasteiger partial charge in [0.2, 0.25) is 6.23 Å². The number of amides is 3. The Balaban J connectivity index is 2.81. The van der Waals surface area contributed by atoms with Gasteiger partial charge in [-0.25, -0.2) is 9.59 Å². The molecular formula is C6H5N2O5. The molecule has 1 heterocycles. The van der Waals surface area contributed by atoms with Crippen LogP contribution in [0, 0.1) is 0 Å². The third-order valence-electron chi connectivity index (χ3n) is 1.29. The molecule has 3 amide bonds. The Morgan fingerprint density at radius 1 is 1.54 bits per heavy atom. The molecule has 0 saturated carbocycles. The van der Waals surface area contributed by atoms with Crippen LogP contribution in [0.5, 0.6) is 0 Å². The monoisotopic (exact) mass is 185 g/mol. The van der Waals surface area contributed by atoms with Crippen molar-refractivity contribution in [3.8, 4) is 0 Å². The average molecular weight is 185 g/mol. The fourth-order valence-corrected chi connectivity index (χ4v) is 0.702. The molecule has 0 aliphatic carbocycles. The molecule has 0 aromatic carbocycles. The summed E-state index contributed by atoms with van der Waals surface area (Å²) in [6.07, 6.45) is -0.259. The number of hydrogen-bond acceptors (Lipinski definition) is 4. The molecule has 7 nitrogen and oxygen atoms in total. The molecule has 0 aromatic heterocycles. The number of rotatable bonds is 2. The minimum atomic E-state index is -2.01. The van der Waals surface area contributed by atoms with Crippen molar-refractivity contribution in [3.63, 3.8) is 0 Å². The van der Waals surface area contributed by atoms with E-state index in [9.17, 15) is 14.4 Å². The van der Waals surface area contributed by atoms with E-state index in [1.165, 1.54) is 0 Å². The van der Waals surface area contributed by atoms with E-state index in [0.29, 0.717) is 4.90 Å². The number of hydrogen-bond donors (Lipinski definition) is 2. The van der Waals surface area contributed by atoms with E-state index in [-0.39, 0.29) is 0 Å². The molecule has 13 heavy (non-hydrogen) atoms. The third kappa shape index (κ3) is 1.82. The predicted octanol–water partition coefficient (Wildman–Crippen LogP) is -1.53. The largest absolute Gasteiger partial charge is 0.478 e. The molecule has 0 aromatic rings. The molecule has 7 heteroatoms. The van der Waals surface area contributed by atoms with Gasteiger partial charge in [-0.1, -0.05) is 0 Å². The van der Waals surface area contributed by atoms with Crippen LogP contribution in [0.3, 0.4) is 0 Å². The van der Waals surface area contributed by atoms with E-state index < -0.39 is 24.1 Å². The summed E-state index contributed by atoms with van der Waals surface area (Å²) >= 11 is 0. The van der Waals surface area contributed by atoms with Crippen LogP contribution in [0.25, 0.3) is 0 Å². The number of imide groups is 1. The number of aliphatic hydroxyl groups excluding tert-OH is 1. The molecule has 1 radical (unpaired) electrons. The van der Waals surface area contributed by atoms with Gasteiger partial charge in [0.05, 0.1) is 0 Å². The zero-order valence-electron chi connectivity index (χ0n) is 6.25. The van der Waals surface area contributed by atoms with Crippen molar-refractivity contribution in [3.05, 3.63) is 12.3 Å². The number of nitrogens with zero attached hydrogens (tertiary/aromatic N) is 2. The van der Waals surface area contributed by atoms with Crippen LogP contribution in [-0.2, 0) is 9.59 Å². The van der Waals surface area contributed by atoms with E-state index in [1.54, 1.807) is 0 Å². The highest BCUT2D eigenvalue weighted by molar-refractivity contribution is 6.03. The molecule has 0 bridgehead atoms. The number of carboxylic acid groups (broad SMARTS) is 1. The van der Waals surface area contributed by atoms with Crippen LogP contribution in [0.1, 0.15) is 0 Å². The Kier molecular flexibility index (Phi) is 2.29. The lowest BCUT2D eigenvalue weighted by molar-refractivity contribution is -0.153. The first-order valence-electron chi connectivity index (χ1n) is 3.19. The highest BCUT2D eigenvalue weighted by atomic mass is 16.4. The summed E-state index contributed by atoms with van der Waals surface area (Å²) in [5.74, 6) is -2.37. The van der Waals surface area contributed by atoms with Gasteiger partial charge in [-0.15, -0.1) is 0 Å². The van der Waals surface area contributed by atoms with Crippen LogP contribution in [0.4, 0.5) is 4.79 Å². The van der Waals surface area contributed by atoms with Crippen molar-refractivity contribution in [2.24, 2.45) is 0 Å². The maximum absolute atomic E-state index is 10.8. The minimum Gasteiger partial charge on any atom is -0.478 e. The van der Waals surface area contributed by atoms with Gasteiger partial charge in [0.1, 0.15) is 0 Å². The lowest BCUT2D eigenvalue weighted by Crippen LogP contribution is -2.47. The Morgan fingerprint density at radius 3 is 2.62 bits per heavy atom. The molecule has 1 rings (SSSR count). The van der Waals surface area contributed by atoms with E-state index in [4.69, 9.17) is 10.2 Å². The van der Waals surface area contributed by atoms with Gasteiger partial charge >= 0.3 is 12.0 Å². The standard InChI is InChI=1S/C6H5N2O5/c9-3-1-2-8(6(13)7-3)4(10)5(11)12/h1-2,4,10H,(H,11,12). The van der Waals surface area contributed by atoms with Crippen molar-refractivity contribution in [1.82, 2.24) is 10.2 Å². The van der Waals surface area contributed by atoms with E-state index in [2.05, 4.69) is 5.32 Å². The van der Waals surface area contributed by atoms with Crippen LogP contribution < -0.4 is 5.32 Å². The first-order valence-corrected chi connectivity index (χ1v) is 3.19. The van der Waals surface area contributed by atoms with Crippen molar-refractivity contribution in [1.29, 1.82) is 0 Å². The lowest BCUT2D eigenvalue weighted by atomic mass is 10.4. The van der Waals surface area contributed by atoms with Crippen LogP contribution in [0.15, 0.2) is 12.3 Å². The minimum absolute atomic E-state index is 0.434. The average Bonchev–Trinajstić information content (AvgIpc) is 2.03. The summed E-state index contributed by atoms with van der Waals surface area (Å²) in [6, 6.07) is -1.10. The van der Waals surface area contributed by atoms with Gasteiger partial charge in [-0.2, -0.15) is 5.32 Å². The second kappa shape index (κ2) is 3.23. The summed E-state index contributed by atoms with van der Waals surface area (Å²) in [4.78, 5) is 32.0. The smallest absolute Gasteiger partial charge is 0.354 e. The summed E-state index contributed by atoms with van der Waals surface area (Å²) in [7, 11) is 0. The first kappa shape index (κ1) is 9.20. The highest BCUT2D eigenvalue weighted by Gasteiger charge is 2.30. The zero-order chi connectivity index (χ0) is 10.0. The normalized spacial score (nSPS) is 18.4. The second-order valence-electron chi connectivity index (χ2n) is 2.17. The van der Waals surface area contributed by atoms with Gasteiger partial charge in [-0.05, 0) is 0 Å². The molecule has 1 aliphatic rings. The number of urea groups is 1. The maximum Gasteiger partial charge on any atom is 0.354 e. The van der Waals surface area contributed by atoms with Crippen molar-refractivity contribution in [2.75, 3.05) is 0 Å². The number of carbonyl (C=O) groups is 3. The van der Waals surface area contributed by atoms with Crippen LogP contribution >= 0.6 is 0 Å². The van der Waals surface area contributed by atoms with Gasteiger partial charge in [-0.3, -0.25) is 9.69 Å². The first-order chi connectivity index (χ1) is 6.02. The molecule has 1 atom stereocenters. The molecular weight excluding hydrogens is 180 g/mol. The number of carboxylic acids is 1. The zero-order valence-corrected chi connectivity index (χ0v) is 6.25. The Bertz CT molecular complexity index is 297. The Morgan fingerprint density at radius 2 is 2.15 bits per heavy atom. The van der Waals surface area contributed by atoms with Gasteiger partial charge in [0, 0.05) is 12.3 Å². The SMILES string of the molecule is O=C1C=CN(C(O)C(=O)O)C(=O)[N]1. The highest BCUT2D eigenvalue weighted by Crippen LogP contribution is 2.03. The predicted molar refractivity (Wildman–Crippen MR) is 37.2 cm³/mol.